The Kier molecular flexibility index (Phi) is 4.36. The van der Waals surface area contributed by atoms with Crippen LogP contribution >= 0.6 is 0 Å². The van der Waals surface area contributed by atoms with Crippen molar-refractivity contribution in [2.45, 2.75) is 44.2 Å². The van der Waals surface area contributed by atoms with Crippen molar-refractivity contribution >= 4 is 10.0 Å². The maximum absolute atomic E-state index is 11.1. The van der Waals surface area contributed by atoms with Gasteiger partial charge in [-0.15, -0.1) is 0 Å². The van der Waals surface area contributed by atoms with E-state index in [0.29, 0.717) is 6.54 Å². The van der Waals surface area contributed by atoms with Gasteiger partial charge in [-0.05, 0) is 51.1 Å². The average molecular weight is 301 g/mol. The lowest BCUT2D eigenvalue weighted by Gasteiger charge is -2.47. The Bertz CT molecular complexity index is 436. The normalized spacial score (nSPS) is 33.0. The number of hydrogen-bond acceptors (Lipinski definition) is 4. The highest BCUT2D eigenvalue weighted by atomic mass is 32.2. The Morgan fingerprint density at radius 1 is 1.15 bits per heavy atom. The number of hydrogen-bond donors (Lipinski definition) is 1. The average Bonchev–Trinajstić information content (AvgIpc) is 3.20. The van der Waals surface area contributed by atoms with E-state index in [-0.39, 0.29) is 0 Å². The molecule has 0 spiro atoms. The third-order valence-electron chi connectivity index (χ3n) is 5.00. The van der Waals surface area contributed by atoms with Crippen molar-refractivity contribution in [3.8, 4) is 0 Å². The van der Waals surface area contributed by atoms with Gasteiger partial charge in [0.25, 0.3) is 0 Å². The lowest BCUT2D eigenvalue weighted by Crippen LogP contribution is -2.55. The van der Waals surface area contributed by atoms with Crippen LogP contribution in [0.3, 0.4) is 0 Å². The summed E-state index contributed by atoms with van der Waals surface area (Å²) in [6.07, 6.45) is 8.00. The third-order valence-corrected chi connectivity index (χ3v) is 5.73. The Hall–Kier alpha value is -0.170. The second-order valence-electron chi connectivity index (χ2n) is 6.69. The summed E-state index contributed by atoms with van der Waals surface area (Å²) in [5.74, 6) is 0.802. The van der Waals surface area contributed by atoms with Gasteiger partial charge in [0.05, 0.1) is 6.26 Å². The van der Waals surface area contributed by atoms with Crippen molar-refractivity contribution in [3.63, 3.8) is 0 Å². The molecule has 0 unspecified atom stereocenters. The largest absolute Gasteiger partial charge is 0.302 e. The molecule has 1 saturated carbocycles. The Balaban J connectivity index is 1.48. The predicted molar refractivity (Wildman–Crippen MR) is 80.1 cm³/mol. The number of sulfonamides is 1. The van der Waals surface area contributed by atoms with Gasteiger partial charge in [0.2, 0.25) is 10.0 Å². The zero-order chi connectivity index (χ0) is 14.2. The van der Waals surface area contributed by atoms with Gasteiger partial charge in [-0.25, -0.2) is 13.1 Å². The Morgan fingerprint density at radius 2 is 1.95 bits per heavy atom. The van der Waals surface area contributed by atoms with Crippen LogP contribution in [-0.4, -0.2) is 69.3 Å². The summed E-state index contributed by atoms with van der Waals surface area (Å²) >= 11 is 0. The first-order chi connectivity index (χ1) is 9.53. The lowest BCUT2D eigenvalue weighted by molar-refractivity contribution is 0.0189. The fourth-order valence-corrected chi connectivity index (χ4v) is 4.43. The molecule has 0 aromatic rings. The van der Waals surface area contributed by atoms with Crippen LogP contribution < -0.4 is 4.72 Å². The fraction of sp³-hybridized carbons (Fsp3) is 1.00. The summed E-state index contributed by atoms with van der Waals surface area (Å²) < 4.78 is 24.8. The second-order valence-corrected chi connectivity index (χ2v) is 8.53. The van der Waals surface area contributed by atoms with Gasteiger partial charge >= 0.3 is 0 Å². The highest BCUT2D eigenvalue weighted by molar-refractivity contribution is 7.88. The lowest BCUT2D eigenvalue weighted by atomic mass is 9.83. The maximum Gasteiger partial charge on any atom is 0.208 e. The van der Waals surface area contributed by atoms with E-state index >= 15 is 0 Å². The van der Waals surface area contributed by atoms with Gasteiger partial charge in [-0.2, -0.15) is 0 Å². The van der Waals surface area contributed by atoms with Crippen molar-refractivity contribution in [2.75, 3.05) is 39.0 Å². The van der Waals surface area contributed by atoms with Crippen molar-refractivity contribution in [2.24, 2.45) is 5.92 Å². The van der Waals surface area contributed by atoms with E-state index < -0.39 is 10.0 Å². The van der Waals surface area contributed by atoms with Crippen LogP contribution in [0.2, 0.25) is 0 Å². The molecule has 6 heteroatoms. The number of rotatable bonds is 5. The maximum atomic E-state index is 11.1. The monoisotopic (exact) mass is 301 g/mol. The summed E-state index contributed by atoms with van der Waals surface area (Å²) in [5, 5.41) is 0. The fourth-order valence-electron chi connectivity index (χ4n) is 3.97. The van der Waals surface area contributed by atoms with E-state index in [1.165, 1.54) is 44.9 Å². The van der Waals surface area contributed by atoms with Gasteiger partial charge in [0.15, 0.2) is 0 Å². The molecule has 0 aromatic heterocycles. The van der Waals surface area contributed by atoms with Gasteiger partial charge < -0.3 is 4.90 Å². The molecular formula is C14H27N3O2S. The standard InChI is InChI=1S/C14H27N3O2S/c1-20(18,19)15-7-10-16-9-6-14-12(11-16)3-2-8-17(14)13-4-5-13/h12-15H,2-11H2,1H3/t12-,14-/m1/s1. The Morgan fingerprint density at radius 3 is 2.65 bits per heavy atom. The number of likely N-dealkylation sites (tertiary alicyclic amines) is 2. The SMILES string of the molecule is CS(=O)(=O)NCCN1CC[C@@H]2[C@H](CCCN2C2CC2)C1. The minimum atomic E-state index is -3.04. The minimum Gasteiger partial charge on any atom is -0.302 e. The molecule has 5 nitrogen and oxygen atoms in total. The van der Waals surface area contributed by atoms with Crippen molar-refractivity contribution in [1.29, 1.82) is 0 Å². The van der Waals surface area contributed by atoms with Crippen LogP contribution in [0.25, 0.3) is 0 Å². The summed E-state index contributed by atoms with van der Waals surface area (Å²) in [6, 6.07) is 1.69. The molecule has 1 N–H and O–H groups in total. The molecule has 2 heterocycles. The smallest absolute Gasteiger partial charge is 0.208 e. The molecule has 3 aliphatic rings. The molecular weight excluding hydrogens is 274 g/mol. The molecule has 0 amide bonds. The van der Waals surface area contributed by atoms with Crippen LogP contribution in [0.15, 0.2) is 0 Å². The molecule has 3 rings (SSSR count). The quantitative estimate of drug-likeness (QED) is 0.803. The zero-order valence-electron chi connectivity index (χ0n) is 12.4. The summed E-state index contributed by atoms with van der Waals surface area (Å²) in [5.41, 5.74) is 0. The topological polar surface area (TPSA) is 52.7 Å². The molecule has 2 saturated heterocycles. The zero-order valence-corrected chi connectivity index (χ0v) is 13.2. The van der Waals surface area contributed by atoms with Crippen molar-refractivity contribution < 1.29 is 8.42 Å². The summed E-state index contributed by atoms with van der Waals surface area (Å²) in [4.78, 5) is 5.22. The van der Waals surface area contributed by atoms with Gasteiger partial charge in [0.1, 0.15) is 0 Å². The molecule has 0 aromatic carbocycles. The summed E-state index contributed by atoms with van der Waals surface area (Å²) in [6.45, 7) is 4.97. The molecule has 0 radical (unpaired) electrons. The first-order valence-corrected chi connectivity index (χ1v) is 9.85. The van der Waals surface area contributed by atoms with Crippen molar-refractivity contribution in [1.82, 2.24) is 14.5 Å². The second kappa shape index (κ2) is 5.91. The predicted octanol–water partition coefficient (Wildman–Crippen LogP) is 0.484. The number of nitrogens with zero attached hydrogens (tertiary/aromatic N) is 2. The molecule has 20 heavy (non-hydrogen) atoms. The number of nitrogens with one attached hydrogen (secondary N) is 1. The molecule has 2 atom stereocenters. The van der Waals surface area contributed by atoms with E-state index in [1.807, 2.05) is 0 Å². The van der Waals surface area contributed by atoms with Gasteiger partial charge in [0, 0.05) is 31.7 Å². The van der Waals surface area contributed by atoms with E-state index in [0.717, 1.165) is 37.6 Å². The van der Waals surface area contributed by atoms with E-state index in [9.17, 15) is 8.42 Å². The number of piperidine rings is 2. The first kappa shape index (κ1) is 14.8. The van der Waals surface area contributed by atoms with Crippen LogP contribution in [0.4, 0.5) is 0 Å². The summed E-state index contributed by atoms with van der Waals surface area (Å²) in [7, 11) is -3.04. The van der Waals surface area contributed by atoms with Crippen LogP contribution in [-0.2, 0) is 10.0 Å². The minimum absolute atomic E-state index is 0.544. The van der Waals surface area contributed by atoms with Crippen LogP contribution in [0.1, 0.15) is 32.1 Å². The van der Waals surface area contributed by atoms with Gasteiger partial charge in [-0.1, -0.05) is 0 Å². The highest BCUT2D eigenvalue weighted by Gasteiger charge is 2.41. The Labute approximate surface area is 122 Å². The molecule has 116 valence electrons. The molecule has 2 aliphatic heterocycles. The van der Waals surface area contributed by atoms with Gasteiger partial charge in [-0.3, -0.25) is 4.90 Å². The molecule has 0 bridgehead atoms. The van der Waals surface area contributed by atoms with E-state index in [1.54, 1.807) is 0 Å². The van der Waals surface area contributed by atoms with E-state index in [2.05, 4.69) is 14.5 Å². The molecule has 1 aliphatic carbocycles. The highest BCUT2D eigenvalue weighted by Crippen LogP contribution is 2.38. The van der Waals surface area contributed by atoms with Crippen molar-refractivity contribution in [3.05, 3.63) is 0 Å². The van der Waals surface area contributed by atoms with E-state index in [4.69, 9.17) is 0 Å². The van der Waals surface area contributed by atoms with Crippen LogP contribution in [0, 0.1) is 5.92 Å². The first-order valence-electron chi connectivity index (χ1n) is 7.96. The number of fused-ring (bicyclic) bond motifs is 1. The van der Waals surface area contributed by atoms with Crippen LogP contribution in [0.5, 0.6) is 0 Å². The molecule has 3 fully saturated rings. The third kappa shape index (κ3) is 3.72.